The SMILES string of the molecule is CSC(C)NC(=O)O. The predicted octanol–water partition coefficient (Wildman–Crippen LogP) is 0.963. The number of carboxylic acid groups (broad SMARTS) is 1. The van der Waals surface area contributed by atoms with Crippen molar-refractivity contribution in [3.63, 3.8) is 0 Å². The summed E-state index contributed by atoms with van der Waals surface area (Å²) in [6.07, 6.45) is 0.882. The summed E-state index contributed by atoms with van der Waals surface area (Å²) >= 11 is 1.46. The van der Waals surface area contributed by atoms with E-state index in [0.29, 0.717) is 0 Å². The number of rotatable bonds is 2. The summed E-state index contributed by atoms with van der Waals surface area (Å²) < 4.78 is 0. The molecule has 0 radical (unpaired) electrons. The van der Waals surface area contributed by atoms with E-state index in [9.17, 15) is 4.79 Å². The molecule has 0 bridgehead atoms. The van der Waals surface area contributed by atoms with Gasteiger partial charge in [-0.05, 0) is 13.2 Å². The van der Waals surface area contributed by atoms with Crippen molar-refractivity contribution in [3.05, 3.63) is 0 Å². The summed E-state index contributed by atoms with van der Waals surface area (Å²) in [6, 6.07) is 0. The lowest BCUT2D eigenvalue weighted by atomic mass is 10.7. The average Bonchev–Trinajstić information content (AvgIpc) is 1.65. The van der Waals surface area contributed by atoms with E-state index in [0.717, 1.165) is 0 Å². The van der Waals surface area contributed by atoms with Crippen molar-refractivity contribution >= 4 is 17.9 Å². The van der Waals surface area contributed by atoms with Gasteiger partial charge >= 0.3 is 6.09 Å². The molecule has 0 rings (SSSR count). The highest BCUT2D eigenvalue weighted by Crippen LogP contribution is 1.98. The molecule has 1 amide bonds. The maximum Gasteiger partial charge on any atom is 0.405 e. The Kier molecular flexibility index (Phi) is 3.43. The normalized spacial score (nSPS) is 12.8. The molecule has 1 atom stereocenters. The van der Waals surface area contributed by atoms with Crippen LogP contribution >= 0.6 is 11.8 Å². The standard InChI is InChI=1S/C4H9NO2S/c1-3(8-2)5-4(6)7/h3,5H,1-2H3,(H,6,7). The van der Waals surface area contributed by atoms with Crippen molar-refractivity contribution < 1.29 is 9.90 Å². The molecule has 8 heavy (non-hydrogen) atoms. The van der Waals surface area contributed by atoms with Gasteiger partial charge in [0.25, 0.3) is 0 Å². The van der Waals surface area contributed by atoms with Crippen LogP contribution in [0.3, 0.4) is 0 Å². The van der Waals surface area contributed by atoms with E-state index >= 15 is 0 Å². The largest absolute Gasteiger partial charge is 0.465 e. The Morgan fingerprint density at radius 1 is 1.88 bits per heavy atom. The van der Waals surface area contributed by atoms with E-state index in [1.54, 1.807) is 6.92 Å². The number of hydrogen-bond donors (Lipinski definition) is 2. The number of thioether (sulfide) groups is 1. The summed E-state index contributed by atoms with van der Waals surface area (Å²) in [5, 5.41) is 10.4. The Labute approximate surface area is 52.5 Å². The van der Waals surface area contributed by atoms with Gasteiger partial charge in [0.2, 0.25) is 0 Å². The lowest BCUT2D eigenvalue weighted by Crippen LogP contribution is -2.27. The molecule has 0 spiro atoms. The smallest absolute Gasteiger partial charge is 0.405 e. The van der Waals surface area contributed by atoms with Crippen molar-refractivity contribution in [2.45, 2.75) is 12.3 Å². The molecule has 3 nitrogen and oxygen atoms in total. The molecule has 1 unspecified atom stereocenters. The van der Waals surface area contributed by atoms with Crippen LogP contribution in [0.25, 0.3) is 0 Å². The molecule has 0 aromatic rings. The van der Waals surface area contributed by atoms with Crippen molar-refractivity contribution in [1.29, 1.82) is 0 Å². The second-order valence-electron chi connectivity index (χ2n) is 1.33. The summed E-state index contributed by atoms with van der Waals surface area (Å²) in [7, 11) is 0. The Morgan fingerprint density at radius 2 is 2.38 bits per heavy atom. The molecule has 0 aromatic heterocycles. The average molecular weight is 135 g/mol. The third-order valence-corrected chi connectivity index (χ3v) is 1.51. The van der Waals surface area contributed by atoms with E-state index in [-0.39, 0.29) is 5.37 Å². The number of nitrogens with one attached hydrogen (secondary N) is 1. The van der Waals surface area contributed by atoms with Crippen LogP contribution in [0.15, 0.2) is 0 Å². The fraction of sp³-hybridized carbons (Fsp3) is 0.750. The molecule has 0 saturated heterocycles. The summed E-state index contributed by atoms with van der Waals surface area (Å²) in [4.78, 5) is 9.84. The number of carbonyl (C=O) groups is 1. The first-order chi connectivity index (χ1) is 3.66. The fourth-order valence-electron chi connectivity index (χ4n) is 0.233. The molecule has 0 heterocycles. The first-order valence-electron chi connectivity index (χ1n) is 2.19. The maximum absolute atomic E-state index is 9.84. The van der Waals surface area contributed by atoms with E-state index in [2.05, 4.69) is 5.32 Å². The lowest BCUT2D eigenvalue weighted by Gasteiger charge is -2.05. The molecule has 0 aliphatic rings. The van der Waals surface area contributed by atoms with E-state index in [1.807, 2.05) is 6.26 Å². The van der Waals surface area contributed by atoms with E-state index < -0.39 is 6.09 Å². The zero-order valence-electron chi connectivity index (χ0n) is 4.84. The van der Waals surface area contributed by atoms with Crippen LogP contribution in [0.5, 0.6) is 0 Å². The van der Waals surface area contributed by atoms with Gasteiger partial charge in [0.1, 0.15) is 0 Å². The van der Waals surface area contributed by atoms with Crippen LogP contribution in [0, 0.1) is 0 Å². The van der Waals surface area contributed by atoms with E-state index in [4.69, 9.17) is 5.11 Å². The number of hydrogen-bond acceptors (Lipinski definition) is 2. The Balaban J connectivity index is 3.24. The highest BCUT2D eigenvalue weighted by Gasteiger charge is 1.99. The van der Waals surface area contributed by atoms with Gasteiger partial charge in [0, 0.05) is 0 Å². The van der Waals surface area contributed by atoms with Crippen LogP contribution < -0.4 is 5.32 Å². The molecule has 0 aliphatic heterocycles. The summed E-state index contributed by atoms with van der Waals surface area (Å²) in [5.41, 5.74) is 0. The molecule has 0 saturated carbocycles. The Bertz CT molecular complexity index is 86.1. The topological polar surface area (TPSA) is 49.3 Å². The molecule has 48 valence electrons. The minimum absolute atomic E-state index is 0.00694. The van der Waals surface area contributed by atoms with Crippen LogP contribution in [-0.4, -0.2) is 22.8 Å². The molecular formula is C4H9NO2S. The van der Waals surface area contributed by atoms with Crippen molar-refractivity contribution in [3.8, 4) is 0 Å². The minimum Gasteiger partial charge on any atom is -0.465 e. The van der Waals surface area contributed by atoms with Crippen molar-refractivity contribution in [2.75, 3.05) is 6.26 Å². The van der Waals surface area contributed by atoms with Crippen molar-refractivity contribution in [2.24, 2.45) is 0 Å². The minimum atomic E-state index is -0.966. The molecular weight excluding hydrogens is 126 g/mol. The Morgan fingerprint density at radius 3 is 2.50 bits per heavy atom. The first kappa shape index (κ1) is 7.62. The summed E-state index contributed by atoms with van der Waals surface area (Å²) in [5.74, 6) is 0. The highest BCUT2D eigenvalue weighted by molar-refractivity contribution is 7.99. The second-order valence-corrected chi connectivity index (χ2v) is 2.51. The summed E-state index contributed by atoms with van der Waals surface area (Å²) in [6.45, 7) is 1.79. The predicted molar refractivity (Wildman–Crippen MR) is 34.1 cm³/mol. The second kappa shape index (κ2) is 3.60. The van der Waals surface area contributed by atoms with Gasteiger partial charge in [-0.2, -0.15) is 0 Å². The van der Waals surface area contributed by atoms with Gasteiger partial charge < -0.3 is 10.4 Å². The van der Waals surface area contributed by atoms with Crippen LogP contribution in [0.2, 0.25) is 0 Å². The molecule has 0 aromatic carbocycles. The van der Waals surface area contributed by atoms with Crippen LogP contribution in [-0.2, 0) is 0 Å². The third kappa shape index (κ3) is 3.80. The maximum atomic E-state index is 9.84. The zero-order valence-corrected chi connectivity index (χ0v) is 5.66. The van der Waals surface area contributed by atoms with Gasteiger partial charge in [-0.1, -0.05) is 0 Å². The lowest BCUT2D eigenvalue weighted by molar-refractivity contribution is 0.194. The van der Waals surface area contributed by atoms with E-state index in [1.165, 1.54) is 11.8 Å². The van der Waals surface area contributed by atoms with Crippen LogP contribution in [0.1, 0.15) is 6.92 Å². The first-order valence-corrected chi connectivity index (χ1v) is 3.48. The quantitative estimate of drug-likeness (QED) is 0.554. The van der Waals surface area contributed by atoms with Gasteiger partial charge in [-0.25, -0.2) is 4.79 Å². The van der Waals surface area contributed by atoms with Gasteiger partial charge in [0.05, 0.1) is 5.37 Å². The third-order valence-electron chi connectivity index (χ3n) is 0.680. The van der Waals surface area contributed by atoms with Gasteiger partial charge in [0.15, 0.2) is 0 Å². The molecule has 4 heteroatoms. The monoisotopic (exact) mass is 135 g/mol. The molecule has 0 fully saturated rings. The Hall–Kier alpha value is -0.380. The molecule has 0 aliphatic carbocycles. The van der Waals surface area contributed by atoms with Gasteiger partial charge in [-0.3, -0.25) is 0 Å². The fourth-order valence-corrected chi connectivity index (χ4v) is 0.451. The highest BCUT2D eigenvalue weighted by atomic mass is 32.2. The van der Waals surface area contributed by atoms with Gasteiger partial charge in [-0.15, -0.1) is 11.8 Å². The molecule has 2 N–H and O–H groups in total. The van der Waals surface area contributed by atoms with Crippen LogP contribution in [0.4, 0.5) is 4.79 Å². The number of amides is 1. The van der Waals surface area contributed by atoms with Crippen molar-refractivity contribution in [1.82, 2.24) is 5.32 Å². The zero-order chi connectivity index (χ0) is 6.57.